The maximum Gasteiger partial charge on any atom is 0.408 e. The predicted molar refractivity (Wildman–Crippen MR) is 134 cm³/mol. The van der Waals surface area contributed by atoms with Crippen LogP contribution in [0.25, 0.3) is 16.6 Å². The summed E-state index contributed by atoms with van der Waals surface area (Å²) in [5.41, 5.74) is 2.00. The van der Waals surface area contributed by atoms with E-state index >= 15 is 0 Å². The van der Waals surface area contributed by atoms with Gasteiger partial charge in [-0.1, -0.05) is 24.8 Å². The maximum absolute atomic E-state index is 13.1. The van der Waals surface area contributed by atoms with Gasteiger partial charge in [0.15, 0.2) is 0 Å². The number of carbonyl (C=O) groups is 3. The quantitative estimate of drug-likeness (QED) is 0.386. The third-order valence-corrected chi connectivity index (χ3v) is 5.21. The molecule has 0 spiro atoms. The first kappa shape index (κ1) is 26.0. The van der Waals surface area contributed by atoms with Crippen LogP contribution in [0.1, 0.15) is 31.9 Å². The third-order valence-electron chi connectivity index (χ3n) is 5.21. The smallest absolute Gasteiger partial charge is 0.408 e. The summed E-state index contributed by atoms with van der Waals surface area (Å²) in [5, 5.41) is 15.0. The second-order valence-corrected chi connectivity index (χ2v) is 9.06. The van der Waals surface area contributed by atoms with Crippen LogP contribution in [0.2, 0.25) is 0 Å². The molecule has 36 heavy (non-hydrogen) atoms. The molecule has 3 rings (SSSR count). The molecule has 2 aromatic carbocycles. The fourth-order valence-corrected chi connectivity index (χ4v) is 3.61. The molecule has 1 atom stereocenters. The number of esters is 1. The molecule has 0 aliphatic heterocycles. The van der Waals surface area contributed by atoms with Gasteiger partial charge in [0.25, 0.3) is 0 Å². The number of aromatic nitrogens is 1. The zero-order chi connectivity index (χ0) is 26.5. The Balaban J connectivity index is 1.97. The molecule has 2 amide bonds. The zero-order valence-corrected chi connectivity index (χ0v) is 20.6. The van der Waals surface area contributed by atoms with Crippen LogP contribution in [0.15, 0.2) is 67.0 Å². The van der Waals surface area contributed by atoms with Gasteiger partial charge in [0, 0.05) is 23.7 Å². The zero-order valence-electron chi connectivity index (χ0n) is 20.6. The summed E-state index contributed by atoms with van der Waals surface area (Å²) in [6, 6.07) is 15.8. The highest BCUT2D eigenvalue weighted by Crippen LogP contribution is 2.26. The second-order valence-electron chi connectivity index (χ2n) is 9.06. The van der Waals surface area contributed by atoms with Crippen LogP contribution in [0.5, 0.6) is 0 Å². The molecule has 0 bridgehead atoms. The summed E-state index contributed by atoms with van der Waals surface area (Å²) >= 11 is 0. The molecule has 1 aromatic heterocycles. The predicted octanol–water partition coefficient (Wildman–Crippen LogP) is 3.74. The van der Waals surface area contributed by atoms with Crippen molar-refractivity contribution in [2.75, 3.05) is 7.11 Å². The molecule has 186 valence electrons. The normalized spacial score (nSPS) is 11.8. The van der Waals surface area contributed by atoms with Crippen LogP contribution in [-0.4, -0.2) is 41.3 Å². The number of fused-ring (bicyclic) bond motifs is 1. The lowest BCUT2D eigenvalue weighted by molar-refractivity contribution is -0.138. The number of hydrogen-bond donors (Lipinski definition) is 2. The van der Waals surface area contributed by atoms with Gasteiger partial charge >= 0.3 is 12.1 Å². The average Bonchev–Trinajstić information content (AvgIpc) is 3.20. The Labute approximate surface area is 209 Å². The summed E-state index contributed by atoms with van der Waals surface area (Å²) in [7, 11) is 1.17. The van der Waals surface area contributed by atoms with Gasteiger partial charge in [-0.05, 0) is 56.7 Å². The van der Waals surface area contributed by atoms with Crippen molar-refractivity contribution in [3.8, 4) is 11.8 Å². The molecule has 0 radical (unpaired) electrons. The number of carbonyl (C=O) groups excluding carboxylic acids is 3. The van der Waals surface area contributed by atoms with Crippen molar-refractivity contribution in [1.29, 1.82) is 5.26 Å². The van der Waals surface area contributed by atoms with Gasteiger partial charge in [-0.3, -0.25) is 4.79 Å². The number of alkyl carbamates (subject to hydrolysis) is 1. The minimum absolute atomic E-state index is 0.101. The van der Waals surface area contributed by atoms with E-state index in [9.17, 15) is 14.4 Å². The van der Waals surface area contributed by atoms with Crippen molar-refractivity contribution in [1.82, 2.24) is 15.2 Å². The van der Waals surface area contributed by atoms with Crippen LogP contribution < -0.4 is 10.6 Å². The van der Waals surface area contributed by atoms with Crippen LogP contribution >= 0.6 is 0 Å². The number of methoxy groups -OCH3 is 1. The van der Waals surface area contributed by atoms with E-state index in [0.29, 0.717) is 5.56 Å². The molecule has 9 heteroatoms. The first-order valence-corrected chi connectivity index (χ1v) is 11.2. The molecule has 0 aliphatic rings. The number of para-hydroxylation sites is 1. The van der Waals surface area contributed by atoms with Crippen molar-refractivity contribution in [2.24, 2.45) is 0 Å². The number of nitriles is 1. The molecule has 0 aliphatic carbocycles. The Kier molecular flexibility index (Phi) is 7.80. The third kappa shape index (κ3) is 6.30. The largest absolute Gasteiger partial charge is 0.464 e. The molecular weight excluding hydrogens is 460 g/mol. The minimum Gasteiger partial charge on any atom is -0.464 e. The number of amides is 2. The van der Waals surface area contributed by atoms with Crippen LogP contribution in [0.4, 0.5) is 4.79 Å². The fraction of sp³-hybridized carbons (Fsp3) is 0.259. The van der Waals surface area contributed by atoms with E-state index in [1.54, 1.807) is 32.9 Å². The van der Waals surface area contributed by atoms with E-state index in [1.807, 2.05) is 47.2 Å². The monoisotopic (exact) mass is 488 g/mol. The topological polar surface area (TPSA) is 122 Å². The van der Waals surface area contributed by atoms with Gasteiger partial charge < -0.3 is 24.7 Å². The number of rotatable bonds is 7. The van der Waals surface area contributed by atoms with E-state index in [1.165, 1.54) is 7.11 Å². The summed E-state index contributed by atoms with van der Waals surface area (Å²) < 4.78 is 11.9. The lowest BCUT2D eigenvalue weighted by Crippen LogP contribution is -2.49. The Bertz CT molecular complexity index is 1340. The SMILES string of the molecule is C=C(NC(=O)[C@H](Cc1cn(-c2ccc(C#N)cc2)c2ccccc12)NC(=O)OC(C)(C)C)C(=O)OC. The summed E-state index contributed by atoms with van der Waals surface area (Å²) in [4.78, 5) is 37.4. The van der Waals surface area contributed by atoms with Gasteiger partial charge in [-0.15, -0.1) is 0 Å². The van der Waals surface area contributed by atoms with Gasteiger partial charge in [-0.2, -0.15) is 5.26 Å². The van der Waals surface area contributed by atoms with Gasteiger partial charge in [0.2, 0.25) is 5.91 Å². The van der Waals surface area contributed by atoms with Gasteiger partial charge in [-0.25, -0.2) is 9.59 Å². The Hall–Kier alpha value is -4.58. The molecule has 0 saturated heterocycles. The molecule has 0 fully saturated rings. The molecular formula is C27H28N4O5. The average molecular weight is 489 g/mol. The highest BCUT2D eigenvalue weighted by atomic mass is 16.6. The van der Waals surface area contributed by atoms with Gasteiger partial charge in [0.05, 0.1) is 24.3 Å². The van der Waals surface area contributed by atoms with E-state index < -0.39 is 29.6 Å². The Morgan fingerprint density at radius 1 is 1.11 bits per heavy atom. The Morgan fingerprint density at radius 2 is 1.78 bits per heavy atom. The van der Waals surface area contributed by atoms with Crippen molar-refractivity contribution in [3.63, 3.8) is 0 Å². The molecule has 0 saturated carbocycles. The van der Waals surface area contributed by atoms with Crippen LogP contribution in [-0.2, 0) is 25.5 Å². The Morgan fingerprint density at radius 3 is 2.39 bits per heavy atom. The number of hydrogen-bond acceptors (Lipinski definition) is 6. The molecule has 9 nitrogen and oxygen atoms in total. The van der Waals surface area contributed by atoms with Gasteiger partial charge in [0.1, 0.15) is 17.3 Å². The number of nitrogens with zero attached hydrogens (tertiary/aromatic N) is 2. The number of ether oxygens (including phenoxy) is 2. The van der Waals surface area contributed by atoms with Crippen molar-refractivity contribution >= 4 is 28.9 Å². The maximum atomic E-state index is 13.1. The van der Waals surface area contributed by atoms with Crippen molar-refractivity contribution in [3.05, 3.63) is 78.1 Å². The van der Waals surface area contributed by atoms with Crippen molar-refractivity contribution < 1.29 is 23.9 Å². The molecule has 1 heterocycles. The molecule has 0 unspecified atom stereocenters. The minimum atomic E-state index is -1.08. The van der Waals surface area contributed by atoms with Crippen LogP contribution in [0, 0.1) is 11.3 Å². The second kappa shape index (κ2) is 10.8. The first-order chi connectivity index (χ1) is 17.0. The van der Waals surface area contributed by atoms with E-state index in [4.69, 9.17) is 10.00 Å². The fourth-order valence-electron chi connectivity index (χ4n) is 3.61. The summed E-state index contributed by atoms with van der Waals surface area (Å²) in [5.74, 6) is -1.44. The standard InChI is InChI=1S/C27H28N4O5/c1-17(25(33)35-5)29-24(32)22(30-26(34)36-27(2,3)4)14-19-16-31(23-9-7-6-8-21(19)23)20-12-10-18(15-28)11-13-20/h6-13,16,22H,1,14H2,2-5H3,(H,29,32)(H,30,34)/t22-/m0/s1. The first-order valence-electron chi connectivity index (χ1n) is 11.2. The lowest BCUT2D eigenvalue weighted by atomic mass is 10.0. The van der Waals surface area contributed by atoms with Crippen LogP contribution in [0.3, 0.4) is 0 Å². The number of nitrogens with one attached hydrogen (secondary N) is 2. The highest BCUT2D eigenvalue weighted by molar-refractivity contribution is 5.96. The summed E-state index contributed by atoms with van der Waals surface area (Å²) in [6.07, 6.45) is 1.20. The summed E-state index contributed by atoms with van der Waals surface area (Å²) in [6.45, 7) is 8.67. The number of benzene rings is 2. The van der Waals surface area contributed by atoms with E-state index in [-0.39, 0.29) is 12.1 Å². The molecule has 3 aromatic rings. The van der Waals surface area contributed by atoms with E-state index in [0.717, 1.165) is 22.2 Å². The van der Waals surface area contributed by atoms with Crippen molar-refractivity contribution in [2.45, 2.75) is 38.8 Å². The van der Waals surface area contributed by atoms with E-state index in [2.05, 4.69) is 28.0 Å². The lowest BCUT2D eigenvalue weighted by Gasteiger charge is -2.23. The molecule has 2 N–H and O–H groups in total. The highest BCUT2D eigenvalue weighted by Gasteiger charge is 2.27.